The van der Waals surface area contributed by atoms with Crippen LogP contribution < -0.4 is 11.1 Å². The predicted octanol–water partition coefficient (Wildman–Crippen LogP) is 3.18. The summed E-state index contributed by atoms with van der Waals surface area (Å²) < 4.78 is 4.97. The highest BCUT2D eigenvalue weighted by molar-refractivity contribution is 5.95. The lowest BCUT2D eigenvalue weighted by Gasteiger charge is -2.23. The Bertz CT molecular complexity index is 1100. The summed E-state index contributed by atoms with van der Waals surface area (Å²) in [7, 11) is 1.33. The van der Waals surface area contributed by atoms with Crippen LogP contribution in [0.5, 0.6) is 0 Å². The van der Waals surface area contributed by atoms with Gasteiger partial charge in [0.25, 0.3) is 5.91 Å². The molecule has 1 heterocycles. The highest BCUT2D eigenvalue weighted by Gasteiger charge is 2.28. The third-order valence-electron chi connectivity index (χ3n) is 5.27. The largest absolute Gasteiger partial charge is 0.469 e. The van der Waals surface area contributed by atoms with Crippen molar-refractivity contribution in [3.05, 3.63) is 89.6 Å². The van der Waals surface area contributed by atoms with E-state index in [1.54, 1.807) is 43.5 Å². The fourth-order valence-electron chi connectivity index (χ4n) is 3.45. The van der Waals surface area contributed by atoms with Gasteiger partial charge in [0.15, 0.2) is 0 Å². The second kappa shape index (κ2) is 10.3. The van der Waals surface area contributed by atoms with E-state index in [0.717, 1.165) is 16.8 Å². The van der Waals surface area contributed by atoms with Crippen LogP contribution in [-0.4, -0.2) is 35.8 Å². The smallest absolute Gasteiger partial charge is 0.311 e. The molecule has 3 rings (SSSR count). The molecule has 32 heavy (non-hydrogen) atoms. The monoisotopic (exact) mass is 430 g/mol. The number of amidine groups is 1. The Morgan fingerprint density at radius 2 is 1.81 bits per heavy atom. The average molecular weight is 431 g/mol. The number of pyridine rings is 1. The van der Waals surface area contributed by atoms with Gasteiger partial charge in [-0.1, -0.05) is 36.4 Å². The fraction of sp³-hybridized carbons (Fsp3) is 0.200. The molecule has 1 aromatic heterocycles. The van der Waals surface area contributed by atoms with Crippen molar-refractivity contribution >= 4 is 17.7 Å². The van der Waals surface area contributed by atoms with Crippen LogP contribution in [0.25, 0.3) is 11.3 Å². The summed E-state index contributed by atoms with van der Waals surface area (Å²) >= 11 is 0. The minimum atomic E-state index is -0.598. The molecule has 2 atom stereocenters. The number of carbonyl (C=O) groups excluding carboxylic acids is 2. The molecule has 1 amide bonds. The van der Waals surface area contributed by atoms with Crippen molar-refractivity contribution in [2.75, 3.05) is 7.11 Å². The number of nitrogens with zero attached hydrogens (tertiary/aromatic N) is 1. The first-order valence-electron chi connectivity index (χ1n) is 10.2. The molecule has 0 aliphatic carbocycles. The minimum Gasteiger partial charge on any atom is -0.469 e. The average Bonchev–Trinajstić information content (AvgIpc) is 2.82. The van der Waals surface area contributed by atoms with Gasteiger partial charge in [0, 0.05) is 28.9 Å². The highest BCUT2D eigenvalue weighted by atomic mass is 16.5. The number of amides is 1. The van der Waals surface area contributed by atoms with Crippen molar-refractivity contribution in [3.8, 4) is 11.3 Å². The zero-order valence-corrected chi connectivity index (χ0v) is 18.0. The first-order chi connectivity index (χ1) is 15.4. The summed E-state index contributed by atoms with van der Waals surface area (Å²) in [6.45, 7) is 1.77. The molecule has 7 nitrogen and oxygen atoms in total. The number of carbonyl (C=O) groups is 2. The molecular formula is C25H26N4O3. The highest BCUT2D eigenvalue weighted by Crippen LogP contribution is 2.19. The molecule has 0 spiro atoms. The first kappa shape index (κ1) is 22.7. The van der Waals surface area contributed by atoms with Crippen molar-refractivity contribution < 1.29 is 14.3 Å². The van der Waals surface area contributed by atoms with Crippen LogP contribution in [0.1, 0.15) is 28.4 Å². The topological polar surface area (TPSA) is 118 Å². The maximum absolute atomic E-state index is 12.8. The van der Waals surface area contributed by atoms with Crippen molar-refractivity contribution in [3.63, 3.8) is 0 Å². The SMILES string of the molecule is COC(=O)[C@@H](Cc1cccc(C(=N)N)c1)C(C)NC(=O)c1ccc(-c2ccccn2)cc1. The molecule has 7 heteroatoms. The second-order valence-corrected chi connectivity index (χ2v) is 7.50. The molecule has 0 aliphatic rings. The van der Waals surface area contributed by atoms with Gasteiger partial charge in [-0.15, -0.1) is 0 Å². The van der Waals surface area contributed by atoms with Gasteiger partial charge in [-0.25, -0.2) is 0 Å². The van der Waals surface area contributed by atoms with Crippen LogP contribution in [0.4, 0.5) is 0 Å². The molecule has 4 N–H and O–H groups in total. The molecule has 0 fully saturated rings. The molecule has 1 unspecified atom stereocenters. The number of hydrogen-bond donors (Lipinski definition) is 3. The Kier molecular flexibility index (Phi) is 7.33. The number of methoxy groups -OCH3 is 1. The Morgan fingerprint density at radius 3 is 2.44 bits per heavy atom. The van der Waals surface area contributed by atoms with Gasteiger partial charge in [0.05, 0.1) is 18.7 Å². The molecule has 0 bridgehead atoms. The van der Waals surface area contributed by atoms with Gasteiger partial charge in [-0.3, -0.25) is 20.0 Å². The zero-order chi connectivity index (χ0) is 23.1. The summed E-state index contributed by atoms with van der Waals surface area (Å²) in [6.07, 6.45) is 2.06. The molecule has 0 radical (unpaired) electrons. The zero-order valence-electron chi connectivity index (χ0n) is 18.0. The van der Waals surface area contributed by atoms with E-state index < -0.39 is 17.9 Å². The lowest BCUT2D eigenvalue weighted by atomic mass is 9.92. The maximum Gasteiger partial charge on any atom is 0.311 e. The summed E-state index contributed by atoms with van der Waals surface area (Å²) in [6, 6.07) is 19.5. The van der Waals surface area contributed by atoms with E-state index in [2.05, 4.69) is 10.3 Å². The van der Waals surface area contributed by atoms with Gasteiger partial charge < -0.3 is 15.8 Å². The number of benzene rings is 2. The van der Waals surface area contributed by atoms with E-state index in [-0.39, 0.29) is 11.7 Å². The van der Waals surface area contributed by atoms with Crippen molar-refractivity contribution in [2.45, 2.75) is 19.4 Å². The number of esters is 1. The summed E-state index contributed by atoms with van der Waals surface area (Å²) in [5, 5.41) is 10.5. The quantitative estimate of drug-likeness (QED) is 0.288. The number of hydrogen-bond acceptors (Lipinski definition) is 5. The summed E-state index contributed by atoms with van der Waals surface area (Å²) in [5.41, 5.74) is 9.20. The van der Waals surface area contributed by atoms with E-state index in [4.69, 9.17) is 15.9 Å². The number of nitrogen functional groups attached to an aromatic ring is 1. The molecule has 2 aromatic carbocycles. The van der Waals surface area contributed by atoms with E-state index in [1.807, 2.05) is 36.4 Å². The molecule has 0 saturated carbocycles. The third-order valence-corrected chi connectivity index (χ3v) is 5.27. The number of ether oxygens (including phenoxy) is 1. The van der Waals surface area contributed by atoms with Crippen LogP contribution in [0.15, 0.2) is 72.9 Å². The lowest BCUT2D eigenvalue weighted by Crippen LogP contribution is -2.42. The number of aromatic nitrogens is 1. The van der Waals surface area contributed by atoms with Gasteiger partial charge in [0.1, 0.15) is 5.84 Å². The van der Waals surface area contributed by atoms with Crippen molar-refractivity contribution in [2.24, 2.45) is 11.7 Å². The molecular weight excluding hydrogens is 404 g/mol. The maximum atomic E-state index is 12.8. The second-order valence-electron chi connectivity index (χ2n) is 7.50. The Hall–Kier alpha value is -4.00. The van der Waals surface area contributed by atoms with Crippen molar-refractivity contribution in [1.29, 1.82) is 5.41 Å². The Morgan fingerprint density at radius 1 is 1.06 bits per heavy atom. The van der Waals surface area contributed by atoms with Crippen LogP contribution in [0.3, 0.4) is 0 Å². The van der Waals surface area contributed by atoms with Crippen LogP contribution in [-0.2, 0) is 16.0 Å². The molecule has 3 aromatic rings. The molecule has 164 valence electrons. The van der Waals surface area contributed by atoms with Gasteiger partial charge >= 0.3 is 5.97 Å². The van der Waals surface area contributed by atoms with Crippen LogP contribution >= 0.6 is 0 Å². The van der Waals surface area contributed by atoms with Gasteiger partial charge in [0.2, 0.25) is 0 Å². The molecule has 0 aliphatic heterocycles. The standard InChI is InChI=1S/C25H26N4O3/c1-16(21(25(31)32-2)15-17-6-5-7-20(14-17)23(26)27)29-24(30)19-11-9-18(10-12-19)22-8-3-4-13-28-22/h3-14,16,21H,15H2,1-2H3,(H3,26,27)(H,29,30)/t16?,21-/m0/s1. The predicted molar refractivity (Wildman–Crippen MR) is 123 cm³/mol. The fourth-order valence-corrected chi connectivity index (χ4v) is 3.45. The minimum absolute atomic E-state index is 0.0445. The summed E-state index contributed by atoms with van der Waals surface area (Å²) in [5.74, 6) is -1.34. The van der Waals surface area contributed by atoms with Crippen molar-refractivity contribution in [1.82, 2.24) is 10.3 Å². The van der Waals surface area contributed by atoms with E-state index in [0.29, 0.717) is 17.5 Å². The number of nitrogens with one attached hydrogen (secondary N) is 2. The molecule has 0 saturated heterocycles. The lowest BCUT2D eigenvalue weighted by molar-refractivity contribution is -0.146. The Balaban J connectivity index is 1.72. The van der Waals surface area contributed by atoms with Crippen LogP contribution in [0, 0.1) is 11.3 Å². The normalized spacial score (nSPS) is 12.4. The van der Waals surface area contributed by atoms with Gasteiger partial charge in [-0.05, 0) is 49.2 Å². The summed E-state index contributed by atoms with van der Waals surface area (Å²) in [4.78, 5) is 29.5. The number of nitrogens with two attached hydrogens (primary N) is 1. The third kappa shape index (κ3) is 5.57. The van der Waals surface area contributed by atoms with Crippen LogP contribution in [0.2, 0.25) is 0 Å². The van der Waals surface area contributed by atoms with E-state index >= 15 is 0 Å². The Labute approximate surface area is 187 Å². The van der Waals surface area contributed by atoms with Gasteiger partial charge in [-0.2, -0.15) is 0 Å². The first-order valence-corrected chi connectivity index (χ1v) is 10.2. The van der Waals surface area contributed by atoms with E-state index in [9.17, 15) is 9.59 Å². The van der Waals surface area contributed by atoms with E-state index in [1.165, 1.54) is 7.11 Å². The number of rotatable bonds is 8.